The van der Waals surface area contributed by atoms with Gasteiger partial charge in [-0.2, -0.15) is 0 Å². The molecule has 0 amide bonds. The fourth-order valence-electron chi connectivity index (χ4n) is 2.80. The van der Waals surface area contributed by atoms with E-state index in [9.17, 15) is 4.79 Å². The molecule has 0 aliphatic carbocycles. The van der Waals surface area contributed by atoms with Crippen molar-refractivity contribution in [3.8, 4) is 11.5 Å². The number of aryl methyl sites for hydroxylation is 1. The lowest BCUT2D eigenvalue weighted by Crippen LogP contribution is -2.03. The summed E-state index contributed by atoms with van der Waals surface area (Å²) in [6, 6.07) is 11.5. The van der Waals surface area contributed by atoms with Crippen molar-refractivity contribution in [3.05, 3.63) is 65.4 Å². The molecule has 4 nitrogen and oxygen atoms in total. The molecule has 1 aromatic heterocycles. The Kier molecular flexibility index (Phi) is 4.38. The third-order valence-electron chi connectivity index (χ3n) is 4.01. The Bertz CT molecular complexity index is 922. The number of ether oxygens (including phenoxy) is 2. The van der Waals surface area contributed by atoms with Crippen LogP contribution in [-0.4, -0.2) is 25.0 Å². The number of carbonyl (C=O) groups is 1. The topological polar surface area (TPSA) is 51.3 Å². The average molecular weight is 321 g/mol. The van der Waals surface area contributed by atoms with Gasteiger partial charge in [0.1, 0.15) is 11.5 Å². The number of ketones is 1. The molecule has 3 aromatic rings. The second-order valence-electron chi connectivity index (χ2n) is 5.51. The highest BCUT2D eigenvalue weighted by molar-refractivity contribution is 6.10. The number of benzene rings is 2. The average Bonchev–Trinajstić information content (AvgIpc) is 3.02. The van der Waals surface area contributed by atoms with Crippen molar-refractivity contribution < 1.29 is 14.3 Å². The van der Waals surface area contributed by atoms with E-state index >= 15 is 0 Å². The number of nitrogens with one attached hydrogen (secondary N) is 1. The molecule has 0 radical (unpaired) electrons. The maximum absolute atomic E-state index is 12.7. The van der Waals surface area contributed by atoms with E-state index in [-0.39, 0.29) is 5.78 Å². The number of hydrogen-bond donors (Lipinski definition) is 1. The van der Waals surface area contributed by atoms with Crippen LogP contribution in [0.4, 0.5) is 0 Å². The highest BCUT2D eigenvalue weighted by atomic mass is 16.5. The summed E-state index contributed by atoms with van der Waals surface area (Å²) in [5.41, 5.74) is 3.39. The predicted octanol–water partition coefficient (Wildman–Crippen LogP) is 4.39. The minimum absolute atomic E-state index is 0.0997. The van der Waals surface area contributed by atoms with Crippen LogP contribution in [0.3, 0.4) is 0 Å². The normalized spacial score (nSPS) is 11.1. The Morgan fingerprint density at radius 2 is 1.92 bits per heavy atom. The molecule has 24 heavy (non-hydrogen) atoms. The van der Waals surface area contributed by atoms with Crippen molar-refractivity contribution in [2.75, 3.05) is 14.2 Å². The van der Waals surface area contributed by atoms with Gasteiger partial charge < -0.3 is 14.5 Å². The number of para-hydroxylation sites is 1. The van der Waals surface area contributed by atoms with E-state index in [1.165, 1.54) is 0 Å². The lowest BCUT2D eigenvalue weighted by atomic mass is 10.0. The Morgan fingerprint density at radius 3 is 2.67 bits per heavy atom. The van der Waals surface area contributed by atoms with Crippen LogP contribution in [0.25, 0.3) is 17.0 Å². The Hall–Kier alpha value is -3.01. The summed E-state index contributed by atoms with van der Waals surface area (Å²) in [6.07, 6.45) is 5.30. The zero-order chi connectivity index (χ0) is 17.1. The predicted molar refractivity (Wildman–Crippen MR) is 95.9 cm³/mol. The standard InChI is InChI=1S/C20H19NO3/c1-13-10-15(23-2)11-19(24-3)20(13)18(22)9-8-14-12-21-17-7-5-4-6-16(14)17/h4-12,21H,1-3H3. The van der Waals surface area contributed by atoms with E-state index < -0.39 is 0 Å². The largest absolute Gasteiger partial charge is 0.497 e. The number of H-pyrrole nitrogens is 1. The Morgan fingerprint density at radius 1 is 1.12 bits per heavy atom. The number of rotatable bonds is 5. The summed E-state index contributed by atoms with van der Waals surface area (Å²) < 4.78 is 10.6. The number of hydrogen-bond acceptors (Lipinski definition) is 3. The van der Waals surface area contributed by atoms with Crippen LogP contribution >= 0.6 is 0 Å². The summed E-state index contributed by atoms with van der Waals surface area (Å²) in [5.74, 6) is 1.08. The molecule has 0 spiro atoms. The van der Waals surface area contributed by atoms with Crippen LogP contribution in [0, 0.1) is 6.92 Å². The van der Waals surface area contributed by atoms with Gasteiger partial charge >= 0.3 is 0 Å². The van der Waals surface area contributed by atoms with Crippen LogP contribution in [0.2, 0.25) is 0 Å². The molecular weight excluding hydrogens is 302 g/mol. The molecular formula is C20H19NO3. The number of fused-ring (bicyclic) bond motifs is 1. The molecule has 1 heterocycles. The maximum atomic E-state index is 12.7. The molecule has 0 aliphatic heterocycles. The molecule has 0 fully saturated rings. The Labute approximate surface area is 140 Å². The van der Waals surface area contributed by atoms with Crippen LogP contribution in [0.1, 0.15) is 21.5 Å². The molecule has 0 saturated heterocycles. The number of carbonyl (C=O) groups excluding carboxylic acids is 1. The second-order valence-corrected chi connectivity index (χ2v) is 5.51. The summed E-state index contributed by atoms with van der Waals surface area (Å²) in [6.45, 7) is 1.87. The van der Waals surface area contributed by atoms with E-state index in [0.717, 1.165) is 22.0 Å². The van der Waals surface area contributed by atoms with E-state index in [2.05, 4.69) is 4.98 Å². The van der Waals surface area contributed by atoms with Gasteiger partial charge in [-0.15, -0.1) is 0 Å². The zero-order valence-electron chi connectivity index (χ0n) is 13.9. The van der Waals surface area contributed by atoms with Gasteiger partial charge in [-0.05, 0) is 42.3 Å². The second kappa shape index (κ2) is 6.62. The fourth-order valence-corrected chi connectivity index (χ4v) is 2.80. The molecule has 0 aliphatic rings. The van der Waals surface area contributed by atoms with Crippen molar-refractivity contribution in [2.45, 2.75) is 6.92 Å². The van der Waals surface area contributed by atoms with E-state index in [1.54, 1.807) is 26.4 Å². The number of aromatic nitrogens is 1. The lowest BCUT2D eigenvalue weighted by Gasteiger charge is -2.11. The first-order valence-electron chi connectivity index (χ1n) is 7.65. The van der Waals surface area contributed by atoms with Gasteiger partial charge in [0, 0.05) is 23.2 Å². The fraction of sp³-hybridized carbons (Fsp3) is 0.150. The highest BCUT2D eigenvalue weighted by Crippen LogP contribution is 2.29. The minimum Gasteiger partial charge on any atom is -0.497 e. The molecule has 122 valence electrons. The first-order chi connectivity index (χ1) is 11.6. The molecule has 2 aromatic carbocycles. The zero-order valence-corrected chi connectivity index (χ0v) is 13.9. The van der Waals surface area contributed by atoms with Gasteiger partial charge in [-0.3, -0.25) is 4.79 Å². The van der Waals surface area contributed by atoms with E-state index in [4.69, 9.17) is 9.47 Å². The van der Waals surface area contributed by atoms with Crippen LogP contribution in [-0.2, 0) is 0 Å². The summed E-state index contributed by atoms with van der Waals surface area (Å²) in [5, 5.41) is 1.08. The van der Waals surface area contributed by atoms with Crippen LogP contribution in [0.5, 0.6) is 11.5 Å². The van der Waals surface area contributed by atoms with Gasteiger partial charge in [0.15, 0.2) is 5.78 Å². The van der Waals surface area contributed by atoms with Crippen molar-refractivity contribution >= 4 is 22.8 Å². The molecule has 4 heteroatoms. The Balaban J connectivity index is 1.95. The number of methoxy groups -OCH3 is 2. The summed E-state index contributed by atoms with van der Waals surface area (Å²) in [4.78, 5) is 15.9. The third kappa shape index (κ3) is 2.91. The molecule has 0 unspecified atom stereocenters. The van der Waals surface area contributed by atoms with Crippen LogP contribution in [0.15, 0.2) is 48.7 Å². The molecule has 0 bridgehead atoms. The molecule has 0 saturated carbocycles. The molecule has 3 rings (SSSR count). The lowest BCUT2D eigenvalue weighted by molar-refractivity contribution is 0.104. The van der Waals surface area contributed by atoms with Crippen LogP contribution < -0.4 is 9.47 Å². The smallest absolute Gasteiger partial charge is 0.189 e. The van der Waals surface area contributed by atoms with E-state index in [0.29, 0.717) is 17.1 Å². The van der Waals surface area contributed by atoms with Gasteiger partial charge in [0.2, 0.25) is 0 Å². The van der Waals surface area contributed by atoms with Gasteiger partial charge in [0.25, 0.3) is 0 Å². The van der Waals surface area contributed by atoms with Crippen molar-refractivity contribution in [3.63, 3.8) is 0 Å². The SMILES string of the molecule is COc1cc(C)c(C(=O)C=Cc2c[nH]c3ccccc23)c(OC)c1. The first kappa shape index (κ1) is 15.9. The first-order valence-corrected chi connectivity index (χ1v) is 7.65. The molecule has 0 atom stereocenters. The number of aromatic amines is 1. The number of allylic oxidation sites excluding steroid dienone is 1. The van der Waals surface area contributed by atoms with Gasteiger partial charge in [0.05, 0.1) is 19.8 Å². The monoisotopic (exact) mass is 321 g/mol. The van der Waals surface area contributed by atoms with Crippen molar-refractivity contribution in [1.29, 1.82) is 0 Å². The van der Waals surface area contributed by atoms with Crippen molar-refractivity contribution in [1.82, 2.24) is 4.98 Å². The van der Waals surface area contributed by atoms with E-state index in [1.807, 2.05) is 49.5 Å². The minimum atomic E-state index is -0.0997. The quantitative estimate of drug-likeness (QED) is 0.560. The summed E-state index contributed by atoms with van der Waals surface area (Å²) in [7, 11) is 3.14. The highest BCUT2D eigenvalue weighted by Gasteiger charge is 2.15. The maximum Gasteiger partial charge on any atom is 0.189 e. The van der Waals surface area contributed by atoms with Crippen molar-refractivity contribution in [2.24, 2.45) is 0 Å². The molecule has 1 N–H and O–H groups in total. The van der Waals surface area contributed by atoms with Gasteiger partial charge in [-0.25, -0.2) is 0 Å². The van der Waals surface area contributed by atoms with Gasteiger partial charge in [-0.1, -0.05) is 18.2 Å². The third-order valence-corrected chi connectivity index (χ3v) is 4.01. The summed E-state index contributed by atoms with van der Waals surface area (Å²) >= 11 is 0.